The summed E-state index contributed by atoms with van der Waals surface area (Å²) in [5.74, 6) is 0.0295. The van der Waals surface area contributed by atoms with Gasteiger partial charge in [0.15, 0.2) is 5.78 Å². The van der Waals surface area contributed by atoms with E-state index in [1.54, 1.807) is 11.3 Å². The third-order valence-corrected chi connectivity index (χ3v) is 4.11. The third-order valence-electron chi connectivity index (χ3n) is 3.03. The molecule has 18 heavy (non-hydrogen) atoms. The minimum Gasteiger partial charge on any atom is -0.348 e. The molecule has 0 aliphatic heterocycles. The summed E-state index contributed by atoms with van der Waals surface area (Å²) in [6.07, 6.45) is 2.71. The molecule has 0 saturated carbocycles. The van der Waals surface area contributed by atoms with Crippen molar-refractivity contribution in [2.45, 2.75) is 26.8 Å². The van der Waals surface area contributed by atoms with Crippen molar-refractivity contribution in [1.29, 1.82) is 0 Å². The van der Waals surface area contributed by atoms with E-state index in [2.05, 4.69) is 9.55 Å². The monoisotopic (exact) mass is 282 g/mol. The molecule has 2 rings (SSSR count). The van der Waals surface area contributed by atoms with Crippen LogP contribution in [0.2, 0.25) is 0 Å². The van der Waals surface area contributed by atoms with Gasteiger partial charge in [-0.2, -0.15) is 0 Å². The standard InChI is InChI=1S/C13H15ClN2OS/c1-9-7-11(12(17)8-14)10(2)16(9)5-3-13-15-4-6-18-13/h4,6-7H,3,5,8H2,1-2H3. The van der Waals surface area contributed by atoms with Gasteiger partial charge in [-0.25, -0.2) is 4.98 Å². The number of ketones is 1. The molecule has 0 bridgehead atoms. The fourth-order valence-corrected chi connectivity index (χ4v) is 2.84. The molecule has 2 heterocycles. The summed E-state index contributed by atoms with van der Waals surface area (Å²) in [4.78, 5) is 15.9. The lowest BCUT2D eigenvalue weighted by Gasteiger charge is -2.08. The summed E-state index contributed by atoms with van der Waals surface area (Å²) in [5, 5.41) is 3.10. The minimum absolute atomic E-state index is 0.00901. The molecular weight excluding hydrogens is 268 g/mol. The second-order valence-electron chi connectivity index (χ2n) is 4.17. The van der Waals surface area contributed by atoms with Crippen molar-refractivity contribution in [2.75, 3.05) is 5.88 Å². The Balaban J connectivity index is 2.18. The molecule has 0 unspecified atom stereocenters. The lowest BCUT2D eigenvalue weighted by Crippen LogP contribution is -2.07. The van der Waals surface area contributed by atoms with Crippen LogP contribution >= 0.6 is 22.9 Å². The van der Waals surface area contributed by atoms with E-state index in [1.807, 2.05) is 31.5 Å². The molecule has 2 aromatic heterocycles. The van der Waals surface area contributed by atoms with Gasteiger partial charge in [-0.3, -0.25) is 4.79 Å². The Labute approximate surface area is 115 Å². The molecule has 96 valence electrons. The van der Waals surface area contributed by atoms with Crippen LogP contribution in [0.15, 0.2) is 17.6 Å². The number of thiazole rings is 1. The van der Waals surface area contributed by atoms with Crippen molar-refractivity contribution in [3.05, 3.63) is 39.6 Å². The SMILES string of the molecule is Cc1cc(C(=O)CCl)c(C)n1CCc1nccs1. The van der Waals surface area contributed by atoms with Crippen LogP contribution in [0.25, 0.3) is 0 Å². The molecule has 0 amide bonds. The summed E-state index contributed by atoms with van der Waals surface area (Å²) < 4.78 is 2.15. The van der Waals surface area contributed by atoms with Crippen molar-refractivity contribution < 1.29 is 4.79 Å². The molecule has 3 nitrogen and oxygen atoms in total. The first-order valence-electron chi connectivity index (χ1n) is 5.77. The number of hydrogen-bond donors (Lipinski definition) is 0. The number of nitrogens with zero attached hydrogens (tertiary/aromatic N) is 2. The maximum Gasteiger partial charge on any atom is 0.179 e. The highest BCUT2D eigenvalue weighted by molar-refractivity contribution is 7.09. The molecule has 5 heteroatoms. The van der Waals surface area contributed by atoms with Crippen LogP contribution in [0, 0.1) is 13.8 Å². The Morgan fingerprint density at radius 1 is 1.50 bits per heavy atom. The van der Waals surface area contributed by atoms with Crippen LogP contribution in [-0.2, 0) is 13.0 Å². The fraction of sp³-hybridized carbons (Fsp3) is 0.385. The molecule has 0 saturated heterocycles. The third kappa shape index (κ3) is 2.65. The van der Waals surface area contributed by atoms with Gasteiger partial charge >= 0.3 is 0 Å². The van der Waals surface area contributed by atoms with Crippen LogP contribution < -0.4 is 0 Å². The summed E-state index contributed by atoms with van der Waals surface area (Å²) in [6.45, 7) is 4.83. The Morgan fingerprint density at radius 2 is 2.28 bits per heavy atom. The van der Waals surface area contributed by atoms with Crippen molar-refractivity contribution >= 4 is 28.7 Å². The number of carbonyl (C=O) groups is 1. The maximum absolute atomic E-state index is 11.7. The average Bonchev–Trinajstić information content (AvgIpc) is 2.96. The van der Waals surface area contributed by atoms with Crippen LogP contribution in [0.5, 0.6) is 0 Å². The van der Waals surface area contributed by atoms with Gasteiger partial charge in [-0.1, -0.05) is 0 Å². The lowest BCUT2D eigenvalue weighted by atomic mass is 10.2. The summed E-state index contributed by atoms with van der Waals surface area (Å²) >= 11 is 7.27. The number of aryl methyl sites for hydroxylation is 2. The van der Waals surface area contributed by atoms with E-state index < -0.39 is 0 Å². The minimum atomic E-state index is -0.00901. The first-order valence-corrected chi connectivity index (χ1v) is 7.19. The average molecular weight is 283 g/mol. The highest BCUT2D eigenvalue weighted by Crippen LogP contribution is 2.17. The Morgan fingerprint density at radius 3 is 2.89 bits per heavy atom. The molecule has 0 aromatic carbocycles. The zero-order valence-electron chi connectivity index (χ0n) is 10.4. The van der Waals surface area contributed by atoms with Crippen LogP contribution in [0.1, 0.15) is 26.8 Å². The maximum atomic E-state index is 11.7. The zero-order valence-corrected chi connectivity index (χ0v) is 12.0. The summed E-state index contributed by atoms with van der Waals surface area (Å²) in [6, 6.07) is 1.92. The largest absolute Gasteiger partial charge is 0.348 e. The number of hydrogen-bond acceptors (Lipinski definition) is 3. The van der Waals surface area contributed by atoms with Crippen LogP contribution in [-0.4, -0.2) is 21.2 Å². The molecule has 0 N–H and O–H groups in total. The van der Waals surface area contributed by atoms with Crippen LogP contribution in [0.4, 0.5) is 0 Å². The predicted molar refractivity (Wildman–Crippen MR) is 74.8 cm³/mol. The highest BCUT2D eigenvalue weighted by Gasteiger charge is 2.14. The van der Waals surface area contributed by atoms with Gasteiger partial charge in [0.25, 0.3) is 0 Å². The van der Waals surface area contributed by atoms with E-state index in [9.17, 15) is 4.79 Å². The number of aromatic nitrogens is 2. The molecule has 0 atom stereocenters. The Kier molecular flexibility index (Phi) is 4.19. The number of carbonyl (C=O) groups excluding carboxylic acids is 1. The van der Waals surface area contributed by atoms with E-state index >= 15 is 0 Å². The summed E-state index contributed by atoms with van der Waals surface area (Å²) in [7, 11) is 0. The number of rotatable bonds is 5. The molecule has 2 aromatic rings. The molecular formula is C13H15ClN2OS. The molecule has 0 radical (unpaired) electrons. The number of Topliss-reactive ketones (excluding diaryl/α,β-unsaturated/α-hetero) is 1. The Bertz CT molecular complexity index is 546. The second kappa shape index (κ2) is 5.67. The smallest absolute Gasteiger partial charge is 0.179 e. The van der Waals surface area contributed by atoms with E-state index in [0.717, 1.165) is 34.9 Å². The van der Waals surface area contributed by atoms with Crippen molar-refractivity contribution in [3.63, 3.8) is 0 Å². The highest BCUT2D eigenvalue weighted by atomic mass is 35.5. The molecule has 0 spiro atoms. The van der Waals surface area contributed by atoms with Gasteiger partial charge in [-0.15, -0.1) is 22.9 Å². The van der Waals surface area contributed by atoms with Gasteiger partial charge in [-0.05, 0) is 19.9 Å². The van der Waals surface area contributed by atoms with E-state index in [1.165, 1.54) is 0 Å². The van der Waals surface area contributed by atoms with Gasteiger partial charge in [0.1, 0.15) is 0 Å². The quantitative estimate of drug-likeness (QED) is 0.623. The lowest BCUT2D eigenvalue weighted by molar-refractivity contribution is 0.102. The summed E-state index contributed by atoms with van der Waals surface area (Å²) in [5.41, 5.74) is 2.83. The molecule has 0 aliphatic rings. The number of halogens is 1. The van der Waals surface area contributed by atoms with Crippen molar-refractivity contribution in [2.24, 2.45) is 0 Å². The van der Waals surface area contributed by atoms with Gasteiger partial charge in [0, 0.05) is 41.5 Å². The normalized spacial score (nSPS) is 10.8. The van der Waals surface area contributed by atoms with Crippen molar-refractivity contribution in [1.82, 2.24) is 9.55 Å². The fourth-order valence-electron chi connectivity index (χ4n) is 2.08. The van der Waals surface area contributed by atoms with Crippen LogP contribution in [0.3, 0.4) is 0 Å². The van der Waals surface area contributed by atoms with Gasteiger partial charge in [0.2, 0.25) is 0 Å². The molecule has 0 fully saturated rings. The number of alkyl halides is 1. The van der Waals surface area contributed by atoms with Gasteiger partial charge in [0.05, 0.1) is 10.9 Å². The topological polar surface area (TPSA) is 34.9 Å². The van der Waals surface area contributed by atoms with Gasteiger partial charge < -0.3 is 4.57 Å². The van der Waals surface area contributed by atoms with Crippen molar-refractivity contribution in [3.8, 4) is 0 Å². The first-order chi connectivity index (χ1) is 8.63. The second-order valence-corrected chi connectivity index (χ2v) is 5.42. The van der Waals surface area contributed by atoms with E-state index in [4.69, 9.17) is 11.6 Å². The Hall–Kier alpha value is -1.13. The zero-order chi connectivity index (χ0) is 13.1. The van der Waals surface area contributed by atoms with E-state index in [-0.39, 0.29) is 11.7 Å². The molecule has 0 aliphatic carbocycles. The van der Waals surface area contributed by atoms with E-state index in [0.29, 0.717) is 0 Å². The first kappa shape index (κ1) is 13.3. The predicted octanol–water partition coefficient (Wildman–Crippen LogP) is 3.23.